The van der Waals surface area contributed by atoms with Gasteiger partial charge in [-0.25, -0.2) is 4.79 Å². The lowest BCUT2D eigenvalue weighted by Gasteiger charge is -2.35. The summed E-state index contributed by atoms with van der Waals surface area (Å²) in [6.45, 7) is 7.39. The molecule has 2 aromatic rings. The molecule has 26 heavy (non-hydrogen) atoms. The molecule has 0 bridgehead atoms. The van der Waals surface area contributed by atoms with Gasteiger partial charge in [-0.2, -0.15) is 0 Å². The number of oxazole rings is 1. The van der Waals surface area contributed by atoms with Gasteiger partial charge in [0, 0.05) is 36.1 Å². The lowest BCUT2D eigenvalue weighted by molar-refractivity contribution is -0.123. The Hall–Kier alpha value is -1.79. The van der Waals surface area contributed by atoms with Crippen LogP contribution in [0.5, 0.6) is 0 Å². The molecule has 0 unspecified atom stereocenters. The molecule has 142 valence electrons. The third-order valence-corrected chi connectivity index (χ3v) is 4.97. The summed E-state index contributed by atoms with van der Waals surface area (Å²) in [4.78, 5) is 26.8. The van der Waals surface area contributed by atoms with Gasteiger partial charge in [-0.3, -0.25) is 9.36 Å². The predicted molar refractivity (Wildman–Crippen MR) is 103 cm³/mol. The SMILES string of the molecule is CC(C)(CN1CCCCC1)NC(=O)CCn1c(=O)oc2cc(Cl)ccc21. The normalized spacial score (nSPS) is 16.1. The highest BCUT2D eigenvalue weighted by Gasteiger charge is 2.24. The summed E-state index contributed by atoms with van der Waals surface area (Å²) < 4.78 is 6.67. The van der Waals surface area contributed by atoms with E-state index in [0.29, 0.717) is 16.1 Å². The minimum Gasteiger partial charge on any atom is -0.408 e. The summed E-state index contributed by atoms with van der Waals surface area (Å²) in [5.41, 5.74) is 0.791. The Balaban J connectivity index is 1.58. The van der Waals surface area contributed by atoms with Crippen molar-refractivity contribution in [1.29, 1.82) is 0 Å². The van der Waals surface area contributed by atoms with Gasteiger partial charge in [-0.1, -0.05) is 18.0 Å². The molecule has 1 fully saturated rings. The van der Waals surface area contributed by atoms with Crippen LogP contribution in [0.3, 0.4) is 0 Å². The second-order valence-electron chi connectivity index (χ2n) is 7.65. The predicted octanol–water partition coefficient (Wildman–Crippen LogP) is 3.02. The second-order valence-corrected chi connectivity index (χ2v) is 8.09. The van der Waals surface area contributed by atoms with Crippen molar-refractivity contribution in [1.82, 2.24) is 14.8 Å². The first-order chi connectivity index (χ1) is 12.3. The molecule has 0 spiro atoms. The Bertz CT molecular complexity index is 834. The molecule has 6 nitrogen and oxygen atoms in total. The van der Waals surface area contributed by atoms with Crippen LogP contribution in [0.2, 0.25) is 5.02 Å². The lowest BCUT2D eigenvalue weighted by Crippen LogP contribution is -2.52. The number of benzene rings is 1. The van der Waals surface area contributed by atoms with Gasteiger partial charge in [-0.15, -0.1) is 0 Å². The minimum atomic E-state index is -0.470. The van der Waals surface area contributed by atoms with Crippen molar-refractivity contribution in [2.24, 2.45) is 0 Å². The van der Waals surface area contributed by atoms with Crippen LogP contribution in [0.15, 0.2) is 27.4 Å². The second kappa shape index (κ2) is 7.84. The number of amides is 1. The molecule has 1 aromatic carbocycles. The first-order valence-electron chi connectivity index (χ1n) is 9.16. The standard InChI is InChI=1S/C19H26ClN3O3/c1-19(2,13-22-9-4-3-5-10-22)21-17(24)8-11-23-15-7-6-14(20)12-16(15)26-18(23)25/h6-7,12H,3-5,8-11,13H2,1-2H3,(H,21,24). The maximum Gasteiger partial charge on any atom is 0.419 e. The van der Waals surface area contributed by atoms with Crippen LogP contribution in [0.25, 0.3) is 11.1 Å². The highest BCUT2D eigenvalue weighted by Crippen LogP contribution is 2.19. The van der Waals surface area contributed by atoms with Crippen molar-refractivity contribution in [2.45, 2.75) is 51.6 Å². The van der Waals surface area contributed by atoms with Crippen molar-refractivity contribution >= 4 is 28.6 Å². The summed E-state index contributed by atoms with van der Waals surface area (Å²) in [6.07, 6.45) is 3.97. The smallest absolute Gasteiger partial charge is 0.408 e. The number of piperidine rings is 1. The Morgan fingerprint density at radius 3 is 2.73 bits per heavy atom. The van der Waals surface area contributed by atoms with Crippen LogP contribution in [0.1, 0.15) is 39.5 Å². The molecule has 1 N–H and O–H groups in total. The van der Waals surface area contributed by atoms with Crippen molar-refractivity contribution in [3.05, 3.63) is 33.8 Å². The van der Waals surface area contributed by atoms with E-state index in [9.17, 15) is 9.59 Å². The molecule has 0 aliphatic carbocycles. The average Bonchev–Trinajstić information content (AvgIpc) is 2.87. The number of carbonyl (C=O) groups is 1. The van der Waals surface area contributed by atoms with Crippen LogP contribution in [0, 0.1) is 0 Å². The third-order valence-electron chi connectivity index (χ3n) is 4.74. The number of nitrogens with zero attached hydrogens (tertiary/aromatic N) is 2. The summed E-state index contributed by atoms with van der Waals surface area (Å²) in [6, 6.07) is 5.05. The number of aromatic nitrogens is 1. The topological polar surface area (TPSA) is 67.5 Å². The van der Waals surface area contributed by atoms with E-state index in [0.717, 1.165) is 19.6 Å². The number of rotatable bonds is 6. The van der Waals surface area contributed by atoms with Crippen molar-refractivity contribution in [3.63, 3.8) is 0 Å². The molecule has 0 radical (unpaired) electrons. The molecule has 1 aliphatic rings. The molecule has 0 atom stereocenters. The quantitative estimate of drug-likeness (QED) is 0.837. The van der Waals surface area contributed by atoms with Gasteiger partial charge in [0.25, 0.3) is 0 Å². The Kier molecular flexibility index (Phi) is 5.73. The van der Waals surface area contributed by atoms with Gasteiger partial charge in [0.1, 0.15) is 0 Å². The Morgan fingerprint density at radius 1 is 1.27 bits per heavy atom. The van der Waals surface area contributed by atoms with Crippen LogP contribution in [0.4, 0.5) is 0 Å². The summed E-state index contributed by atoms with van der Waals surface area (Å²) >= 11 is 5.92. The van der Waals surface area contributed by atoms with E-state index in [4.69, 9.17) is 16.0 Å². The molecule has 1 aliphatic heterocycles. The zero-order valence-corrected chi connectivity index (χ0v) is 16.1. The highest BCUT2D eigenvalue weighted by molar-refractivity contribution is 6.31. The zero-order valence-electron chi connectivity index (χ0n) is 15.4. The fraction of sp³-hybridized carbons (Fsp3) is 0.579. The Morgan fingerprint density at radius 2 is 2.00 bits per heavy atom. The van der Waals surface area contributed by atoms with E-state index in [2.05, 4.69) is 10.2 Å². The summed E-state index contributed by atoms with van der Waals surface area (Å²) in [5, 5.41) is 3.60. The lowest BCUT2D eigenvalue weighted by atomic mass is 10.0. The van der Waals surface area contributed by atoms with Gasteiger partial charge < -0.3 is 14.6 Å². The highest BCUT2D eigenvalue weighted by atomic mass is 35.5. The van der Waals surface area contributed by atoms with E-state index in [-0.39, 0.29) is 24.4 Å². The van der Waals surface area contributed by atoms with Crippen molar-refractivity contribution in [3.8, 4) is 0 Å². The van der Waals surface area contributed by atoms with Gasteiger partial charge in [-0.05, 0) is 51.9 Å². The number of carbonyl (C=O) groups excluding carboxylic acids is 1. The van der Waals surface area contributed by atoms with E-state index in [1.54, 1.807) is 18.2 Å². The van der Waals surface area contributed by atoms with E-state index in [1.807, 2.05) is 13.8 Å². The molecule has 1 aromatic heterocycles. The monoisotopic (exact) mass is 379 g/mol. The molecule has 2 heterocycles. The minimum absolute atomic E-state index is 0.0674. The number of hydrogen-bond donors (Lipinski definition) is 1. The van der Waals surface area contributed by atoms with Crippen LogP contribution in [-0.2, 0) is 11.3 Å². The molecule has 0 saturated carbocycles. The molecule has 1 saturated heterocycles. The number of hydrogen-bond acceptors (Lipinski definition) is 4. The molecule has 3 rings (SSSR count). The largest absolute Gasteiger partial charge is 0.419 e. The number of likely N-dealkylation sites (tertiary alicyclic amines) is 1. The number of nitrogens with one attached hydrogen (secondary N) is 1. The number of aryl methyl sites for hydroxylation is 1. The van der Waals surface area contributed by atoms with Gasteiger partial charge in [0.15, 0.2) is 5.58 Å². The van der Waals surface area contributed by atoms with E-state index < -0.39 is 5.76 Å². The number of halogens is 1. The summed E-state index contributed by atoms with van der Waals surface area (Å²) in [7, 11) is 0. The van der Waals surface area contributed by atoms with Gasteiger partial charge >= 0.3 is 5.76 Å². The average molecular weight is 380 g/mol. The molecular weight excluding hydrogens is 354 g/mol. The van der Waals surface area contributed by atoms with Crippen LogP contribution in [-0.4, -0.2) is 40.5 Å². The summed E-state index contributed by atoms with van der Waals surface area (Å²) in [5.74, 6) is -0.537. The van der Waals surface area contributed by atoms with E-state index >= 15 is 0 Å². The van der Waals surface area contributed by atoms with Gasteiger partial charge in [0.2, 0.25) is 5.91 Å². The zero-order chi connectivity index (χ0) is 18.7. The maximum atomic E-state index is 12.4. The fourth-order valence-electron chi connectivity index (χ4n) is 3.62. The Labute approximate surface area is 158 Å². The van der Waals surface area contributed by atoms with Crippen molar-refractivity contribution < 1.29 is 9.21 Å². The molecule has 7 heteroatoms. The third kappa shape index (κ3) is 4.68. The number of fused-ring (bicyclic) bond motifs is 1. The maximum absolute atomic E-state index is 12.4. The van der Waals surface area contributed by atoms with Crippen LogP contribution < -0.4 is 11.1 Å². The van der Waals surface area contributed by atoms with Crippen molar-refractivity contribution in [2.75, 3.05) is 19.6 Å². The first-order valence-corrected chi connectivity index (χ1v) is 9.54. The first kappa shape index (κ1) is 19.0. The van der Waals surface area contributed by atoms with Crippen LogP contribution >= 0.6 is 11.6 Å². The molecule has 1 amide bonds. The fourth-order valence-corrected chi connectivity index (χ4v) is 3.78. The molecular formula is C19H26ClN3O3. The van der Waals surface area contributed by atoms with Gasteiger partial charge in [0.05, 0.1) is 5.52 Å². The van der Waals surface area contributed by atoms with E-state index in [1.165, 1.54) is 23.8 Å².